The molecule has 0 radical (unpaired) electrons. The number of hydrogen-bond donors (Lipinski definition) is 0. The van der Waals surface area contributed by atoms with Crippen LogP contribution in [0.5, 0.6) is 0 Å². The van der Waals surface area contributed by atoms with Crippen molar-refractivity contribution in [1.82, 2.24) is 5.01 Å². The summed E-state index contributed by atoms with van der Waals surface area (Å²) in [6, 6.07) is 10.5. The summed E-state index contributed by atoms with van der Waals surface area (Å²) in [6.45, 7) is 12.8. The van der Waals surface area contributed by atoms with Gasteiger partial charge in [-0.3, -0.25) is 14.8 Å². The van der Waals surface area contributed by atoms with Crippen LogP contribution in [0.25, 0.3) is 5.70 Å². The molecule has 0 unspecified atom stereocenters. The monoisotopic (exact) mass is 420 g/mol. The molecule has 2 heterocycles. The van der Waals surface area contributed by atoms with Gasteiger partial charge in [0, 0.05) is 16.7 Å². The van der Waals surface area contributed by atoms with Crippen molar-refractivity contribution in [2.75, 3.05) is 11.7 Å². The van der Waals surface area contributed by atoms with Crippen LogP contribution in [0.1, 0.15) is 47.3 Å². The summed E-state index contributed by atoms with van der Waals surface area (Å²) >= 11 is 0. The standard InChI is InChI=1S/C26H29FN2O2/c1-25(2,3)18-14-17(15-19(24(18)30)26(4,5)6)23(22-12-9-13-31-22)29-16-28(29)21-11-8-7-10-20(21)27/h7-15H,16H2,1-6H3. The molecular formula is C26H29FN2O2. The summed E-state index contributed by atoms with van der Waals surface area (Å²) in [5.41, 5.74) is 3.12. The fraction of sp³-hybridized carbons (Fsp3) is 0.346. The van der Waals surface area contributed by atoms with Crippen molar-refractivity contribution in [1.29, 1.82) is 0 Å². The zero-order valence-electron chi connectivity index (χ0n) is 19.0. The number of rotatable bonds is 3. The summed E-state index contributed by atoms with van der Waals surface area (Å²) in [7, 11) is 0. The highest BCUT2D eigenvalue weighted by Crippen LogP contribution is 2.44. The Balaban J connectivity index is 1.90. The fourth-order valence-corrected chi connectivity index (χ4v) is 3.87. The predicted molar refractivity (Wildman–Crippen MR) is 121 cm³/mol. The number of carbonyl (C=O) groups excluding carboxylic acids is 1. The van der Waals surface area contributed by atoms with Crippen molar-refractivity contribution in [3.63, 3.8) is 0 Å². The molecule has 4 rings (SSSR count). The third-order valence-electron chi connectivity index (χ3n) is 5.60. The molecule has 4 nitrogen and oxygen atoms in total. The van der Waals surface area contributed by atoms with Crippen LogP contribution in [0, 0.1) is 16.6 Å². The Labute approximate surface area is 183 Å². The second-order valence-corrected chi connectivity index (χ2v) is 10.1. The van der Waals surface area contributed by atoms with E-state index < -0.39 is 0 Å². The maximum atomic E-state index is 14.4. The largest absolute Gasteiger partial charge is 0.463 e. The van der Waals surface area contributed by atoms with E-state index in [1.165, 1.54) is 6.07 Å². The number of hydrazine groups is 1. The maximum absolute atomic E-state index is 14.4. The summed E-state index contributed by atoms with van der Waals surface area (Å²) in [5.74, 6) is 0.487. The van der Waals surface area contributed by atoms with Crippen molar-refractivity contribution >= 4 is 17.2 Å². The number of nitrogens with zero attached hydrogens (tertiary/aromatic N) is 2. The predicted octanol–water partition coefficient (Wildman–Crippen LogP) is 6.35. The van der Waals surface area contributed by atoms with E-state index in [1.54, 1.807) is 18.4 Å². The number of allylic oxidation sites excluding steroid dienone is 5. The second kappa shape index (κ2) is 7.26. The summed E-state index contributed by atoms with van der Waals surface area (Å²) in [6.07, 6.45) is 5.56. The van der Waals surface area contributed by atoms with Crippen LogP contribution in [0.2, 0.25) is 0 Å². The van der Waals surface area contributed by atoms with Gasteiger partial charge in [-0.05, 0) is 47.2 Å². The van der Waals surface area contributed by atoms with Crippen LogP contribution in [-0.4, -0.2) is 17.5 Å². The molecule has 0 amide bonds. The minimum atomic E-state index is -0.314. The molecule has 1 fully saturated rings. The van der Waals surface area contributed by atoms with E-state index in [0.29, 0.717) is 18.1 Å². The second-order valence-electron chi connectivity index (χ2n) is 10.1. The summed E-state index contributed by atoms with van der Waals surface area (Å²) < 4.78 is 20.2. The third-order valence-corrected chi connectivity index (χ3v) is 5.60. The third kappa shape index (κ3) is 3.97. The van der Waals surface area contributed by atoms with E-state index in [0.717, 1.165) is 22.4 Å². The molecular weight excluding hydrogens is 391 g/mol. The average molecular weight is 421 g/mol. The van der Waals surface area contributed by atoms with E-state index in [9.17, 15) is 9.18 Å². The Hall–Kier alpha value is -3.08. The smallest absolute Gasteiger partial charge is 0.186 e. The molecule has 0 saturated carbocycles. The Bertz CT molecular complexity index is 1070. The molecule has 0 spiro atoms. The van der Waals surface area contributed by atoms with E-state index in [2.05, 4.69) is 41.5 Å². The average Bonchev–Trinajstić information content (AvgIpc) is 3.24. The number of furan rings is 1. The number of carbonyl (C=O) groups is 1. The number of ketones is 1. The Morgan fingerprint density at radius 3 is 2.06 bits per heavy atom. The first-order valence-electron chi connectivity index (χ1n) is 10.5. The maximum Gasteiger partial charge on any atom is 0.186 e. The molecule has 0 bridgehead atoms. The van der Waals surface area contributed by atoms with Gasteiger partial charge in [-0.15, -0.1) is 0 Å². The van der Waals surface area contributed by atoms with Gasteiger partial charge >= 0.3 is 0 Å². The van der Waals surface area contributed by atoms with Crippen molar-refractivity contribution in [3.05, 3.63) is 83.1 Å². The molecule has 1 aromatic heterocycles. The lowest BCUT2D eigenvalue weighted by Gasteiger charge is -2.32. The highest BCUT2D eigenvalue weighted by molar-refractivity contribution is 6.12. The molecule has 162 valence electrons. The van der Waals surface area contributed by atoms with Gasteiger partial charge in [0.05, 0.1) is 12.0 Å². The first kappa shape index (κ1) is 21.2. The van der Waals surface area contributed by atoms with Gasteiger partial charge in [-0.25, -0.2) is 4.39 Å². The molecule has 5 heteroatoms. The zero-order valence-corrected chi connectivity index (χ0v) is 19.0. The normalized spacial score (nSPS) is 17.0. The van der Waals surface area contributed by atoms with Crippen molar-refractivity contribution in [2.45, 2.75) is 41.5 Å². The Morgan fingerprint density at radius 1 is 0.935 bits per heavy atom. The van der Waals surface area contributed by atoms with Gasteiger partial charge in [0.2, 0.25) is 0 Å². The van der Waals surface area contributed by atoms with Gasteiger partial charge < -0.3 is 4.42 Å². The lowest BCUT2D eigenvalue weighted by atomic mass is 9.71. The molecule has 2 aliphatic rings. The first-order valence-corrected chi connectivity index (χ1v) is 10.5. The number of para-hydroxylation sites is 1. The summed E-state index contributed by atoms with van der Waals surface area (Å²) in [5, 5.41) is 3.85. The van der Waals surface area contributed by atoms with E-state index in [1.807, 2.05) is 40.4 Å². The number of halogens is 1. The molecule has 1 aliphatic carbocycles. The highest BCUT2D eigenvalue weighted by Gasteiger charge is 2.40. The Kier molecular flexibility index (Phi) is 4.95. The van der Waals surface area contributed by atoms with Crippen LogP contribution in [0.4, 0.5) is 10.1 Å². The van der Waals surface area contributed by atoms with Crippen LogP contribution in [-0.2, 0) is 4.79 Å². The first-order chi connectivity index (χ1) is 14.5. The topological polar surface area (TPSA) is 36.2 Å². The SMILES string of the molecule is CC(C)(C)C1=CC(=C(c2ccco2)N2CN2c2ccccc2F)C=C(C(C)(C)C)C1=O. The van der Waals surface area contributed by atoms with Crippen LogP contribution in [0.15, 0.2) is 75.9 Å². The molecule has 1 aromatic carbocycles. The molecule has 31 heavy (non-hydrogen) atoms. The molecule has 0 N–H and O–H groups in total. The minimum absolute atomic E-state index is 0.0827. The number of hydrogen-bond acceptors (Lipinski definition) is 4. The van der Waals surface area contributed by atoms with Gasteiger partial charge in [-0.1, -0.05) is 53.7 Å². The van der Waals surface area contributed by atoms with Crippen molar-refractivity contribution < 1.29 is 13.6 Å². The van der Waals surface area contributed by atoms with Gasteiger partial charge in [0.25, 0.3) is 0 Å². The molecule has 1 saturated heterocycles. The van der Waals surface area contributed by atoms with E-state index >= 15 is 0 Å². The van der Waals surface area contributed by atoms with E-state index in [4.69, 9.17) is 4.42 Å². The van der Waals surface area contributed by atoms with Crippen LogP contribution in [0.3, 0.4) is 0 Å². The number of benzene rings is 1. The molecule has 2 aromatic rings. The van der Waals surface area contributed by atoms with Crippen molar-refractivity contribution in [2.24, 2.45) is 10.8 Å². The molecule has 1 aliphatic heterocycles. The number of Topliss-reactive ketones (excluding diaryl/α,β-unsaturated/α-hetero) is 1. The van der Waals surface area contributed by atoms with Crippen molar-refractivity contribution in [3.8, 4) is 0 Å². The van der Waals surface area contributed by atoms with Gasteiger partial charge in [-0.2, -0.15) is 0 Å². The van der Waals surface area contributed by atoms with E-state index in [-0.39, 0.29) is 22.4 Å². The minimum Gasteiger partial charge on any atom is -0.463 e. The van der Waals surface area contributed by atoms with Crippen LogP contribution < -0.4 is 5.01 Å². The van der Waals surface area contributed by atoms with Crippen LogP contribution >= 0.6 is 0 Å². The Morgan fingerprint density at radius 2 is 1.55 bits per heavy atom. The quantitative estimate of drug-likeness (QED) is 0.542. The lowest BCUT2D eigenvalue weighted by Crippen LogP contribution is -2.28. The highest BCUT2D eigenvalue weighted by atomic mass is 19.1. The summed E-state index contributed by atoms with van der Waals surface area (Å²) in [4.78, 5) is 13.3. The number of anilines is 1. The fourth-order valence-electron chi connectivity index (χ4n) is 3.87. The van der Waals surface area contributed by atoms with Gasteiger partial charge in [0.15, 0.2) is 11.5 Å². The lowest BCUT2D eigenvalue weighted by molar-refractivity contribution is -0.114. The zero-order chi connectivity index (χ0) is 22.6. The molecule has 0 atom stereocenters. The van der Waals surface area contributed by atoms with Gasteiger partial charge in [0.1, 0.15) is 18.2 Å².